The molecule has 86 valence electrons. The van der Waals surface area contributed by atoms with Gasteiger partial charge in [-0.2, -0.15) is 5.10 Å². The number of carbonyl (C=O) groups excluding carboxylic acids is 1. The second-order valence-electron chi connectivity index (χ2n) is 3.92. The molecular formula is C10H13N3O3. The van der Waals surface area contributed by atoms with E-state index in [-0.39, 0.29) is 5.91 Å². The molecule has 6 heteroatoms. The van der Waals surface area contributed by atoms with E-state index in [9.17, 15) is 9.59 Å². The first-order valence-corrected chi connectivity index (χ1v) is 5.19. The molecular weight excluding hydrogens is 210 g/mol. The summed E-state index contributed by atoms with van der Waals surface area (Å²) in [5.41, 5.74) is 0.478. The van der Waals surface area contributed by atoms with Crippen molar-refractivity contribution in [3.8, 4) is 0 Å². The standard InChI is InChI=1S/C10H13N3O3/c14-9(8-4-11-12-5-8)13-3-1-2-7(6-13)10(15)16/h4-5,7H,1-3,6H2,(H,11,12)(H,15,16)/t7-/m1/s1. The minimum absolute atomic E-state index is 0.153. The molecule has 1 aromatic rings. The quantitative estimate of drug-likeness (QED) is 0.757. The molecule has 16 heavy (non-hydrogen) atoms. The molecule has 1 saturated heterocycles. The first-order valence-electron chi connectivity index (χ1n) is 5.19. The van der Waals surface area contributed by atoms with Crippen LogP contribution in [-0.2, 0) is 4.79 Å². The summed E-state index contributed by atoms with van der Waals surface area (Å²) < 4.78 is 0. The zero-order chi connectivity index (χ0) is 11.5. The van der Waals surface area contributed by atoms with Crippen molar-refractivity contribution in [2.75, 3.05) is 13.1 Å². The topological polar surface area (TPSA) is 86.3 Å². The van der Waals surface area contributed by atoms with Crippen LogP contribution in [0.5, 0.6) is 0 Å². The van der Waals surface area contributed by atoms with E-state index in [4.69, 9.17) is 5.11 Å². The van der Waals surface area contributed by atoms with Crippen LogP contribution in [-0.4, -0.2) is 45.2 Å². The number of aliphatic carboxylic acids is 1. The number of amides is 1. The van der Waals surface area contributed by atoms with Crippen molar-refractivity contribution in [2.45, 2.75) is 12.8 Å². The first kappa shape index (κ1) is 10.7. The van der Waals surface area contributed by atoms with Gasteiger partial charge in [0.05, 0.1) is 17.7 Å². The first-order chi connectivity index (χ1) is 7.68. The Hall–Kier alpha value is -1.85. The average Bonchev–Trinajstić information content (AvgIpc) is 2.81. The van der Waals surface area contributed by atoms with Gasteiger partial charge in [0.1, 0.15) is 0 Å². The largest absolute Gasteiger partial charge is 0.481 e. The fourth-order valence-electron chi connectivity index (χ4n) is 1.91. The number of carboxylic acids is 1. The van der Waals surface area contributed by atoms with E-state index in [0.717, 1.165) is 6.42 Å². The van der Waals surface area contributed by atoms with Gasteiger partial charge >= 0.3 is 5.97 Å². The number of hydrogen-bond donors (Lipinski definition) is 2. The van der Waals surface area contributed by atoms with Gasteiger partial charge in [-0.3, -0.25) is 14.7 Å². The summed E-state index contributed by atoms with van der Waals surface area (Å²) in [5.74, 6) is -1.42. The van der Waals surface area contributed by atoms with E-state index >= 15 is 0 Å². The molecule has 1 atom stereocenters. The minimum Gasteiger partial charge on any atom is -0.481 e. The van der Waals surface area contributed by atoms with Gasteiger partial charge in [-0.25, -0.2) is 0 Å². The maximum atomic E-state index is 11.9. The molecule has 0 radical (unpaired) electrons. The second-order valence-corrected chi connectivity index (χ2v) is 3.92. The number of carboxylic acid groups (broad SMARTS) is 1. The molecule has 1 fully saturated rings. The maximum Gasteiger partial charge on any atom is 0.308 e. The number of likely N-dealkylation sites (tertiary alicyclic amines) is 1. The van der Waals surface area contributed by atoms with Crippen LogP contribution in [0.3, 0.4) is 0 Å². The van der Waals surface area contributed by atoms with Crippen molar-refractivity contribution in [2.24, 2.45) is 5.92 Å². The summed E-state index contributed by atoms with van der Waals surface area (Å²) in [7, 11) is 0. The predicted octanol–water partition coefficient (Wildman–Crippen LogP) is 0.346. The molecule has 1 amide bonds. The van der Waals surface area contributed by atoms with Gasteiger partial charge in [0.15, 0.2) is 0 Å². The molecule has 1 aromatic heterocycles. The van der Waals surface area contributed by atoms with Gasteiger partial charge in [0.2, 0.25) is 0 Å². The van der Waals surface area contributed by atoms with E-state index in [1.165, 1.54) is 12.4 Å². The number of hydrogen-bond acceptors (Lipinski definition) is 3. The number of H-pyrrole nitrogens is 1. The Morgan fingerprint density at radius 2 is 2.38 bits per heavy atom. The molecule has 2 N–H and O–H groups in total. The number of nitrogens with one attached hydrogen (secondary N) is 1. The van der Waals surface area contributed by atoms with Crippen molar-refractivity contribution in [1.82, 2.24) is 15.1 Å². The minimum atomic E-state index is -0.829. The molecule has 0 aliphatic carbocycles. The summed E-state index contributed by atoms with van der Waals surface area (Å²) in [6.45, 7) is 0.910. The highest BCUT2D eigenvalue weighted by Crippen LogP contribution is 2.18. The Morgan fingerprint density at radius 3 is 3.00 bits per heavy atom. The lowest BCUT2D eigenvalue weighted by Crippen LogP contribution is -2.42. The van der Waals surface area contributed by atoms with E-state index in [1.54, 1.807) is 4.90 Å². The van der Waals surface area contributed by atoms with Crippen molar-refractivity contribution < 1.29 is 14.7 Å². The van der Waals surface area contributed by atoms with E-state index in [1.807, 2.05) is 0 Å². The number of aromatic amines is 1. The normalized spacial score (nSPS) is 20.8. The maximum absolute atomic E-state index is 11.9. The van der Waals surface area contributed by atoms with Gasteiger partial charge in [0.25, 0.3) is 5.91 Å². The average molecular weight is 223 g/mol. The third kappa shape index (κ3) is 2.05. The molecule has 1 aliphatic heterocycles. The van der Waals surface area contributed by atoms with Crippen molar-refractivity contribution >= 4 is 11.9 Å². The van der Waals surface area contributed by atoms with E-state index < -0.39 is 11.9 Å². The zero-order valence-corrected chi connectivity index (χ0v) is 8.72. The monoisotopic (exact) mass is 223 g/mol. The molecule has 2 heterocycles. The third-order valence-electron chi connectivity index (χ3n) is 2.80. The van der Waals surface area contributed by atoms with Crippen molar-refractivity contribution in [3.63, 3.8) is 0 Å². The fraction of sp³-hybridized carbons (Fsp3) is 0.500. The van der Waals surface area contributed by atoms with Crippen LogP contribution < -0.4 is 0 Å². The fourth-order valence-corrected chi connectivity index (χ4v) is 1.91. The molecule has 0 spiro atoms. The van der Waals surface area contributed by atoms with Gasteiger partial charge in [-0.05, 0) is 12.8 Å². The van der Waals surface area contributed by atoms with E-state index in [2.05, 4.69) is 10.2 Å². The van der Waals surface area contributed by atoms with Crippen molar-refractivity contribution in [1.29, 1.82) is 0 Å². The second kappa shape index (κ2) is 4.34. The lowest BCUT2D eigenvalue weighted by Gasteiger charge is -2.30. The van der Waals surface area contributed by atoms with Gasteiger partial charge < -0.3 is 10.0 Å². The molecule has 0 saturated carbocycles. The van der Waals surface area contributed by atoms with Gasteiger partial charge in [-0.15, -0.1) is 0 Å². The van der Waals surface area contributed by atoms with Crippen LogP contribution in [0.2, 0.25) is 0 Å². The van der Waals surface area contributed by atoms with Gasteiger partial charge in [0, 0.05) is 19.3 Å². The predicted molar refractivity (Wildman–Crippen MR) is 54.9 cm³/mol. The Balaban J connectivity index is 2.05. The van der Waals surface area contributed by atoms with Crippen molar-refractivity contribution in [3.05, 3.63) is 18.0 Å². The molecule has 0 unspecified atom stereocenters. The van der Waals surface area contributed by atoms with Crippen LogP contribution in [0.4, 0.5) is 0 Å². The Kier molecular flexibility index (Phi) is 2.89. The summed E-state index contributed by atoms with van der Waals surface area (Å²) in [6, 6.07) is 0. The summed E-state index contributed by atoms with van der Waals surface area (Å²) in [4.78, 5) is 24.3. The Bertz CT molecular complexity index is 388. The van der Waals surface area contributed by atoms with Crippen LogP contribution >= 0.6 is 0 Å². The van der Waals surface area contributed by atoms with Crippen LogP contribution in [0.15, 0.2) is 12.4 Å². The SMILES string of the molecule is O=C(O)[C@@H]1CCCN(C(=O)c2cn[nH]c2)C1. The molecule has 6 nitrogen and oxygen atoms in total. The molecule has 1 aliphatic rings. The zero-order valence-electron chi connectivity index (χ0n) is 8.72. The molecule has 0 bridgehead atoms. The number of nitrogens with zero attached hydrogens (tertiary/aromatic N) is 2. The number of carbonyl (C=O) groups is 2. The third-order valence-corrected chi connectivity index (χ3v) is 2.80. The lowest BCUT2D eigenvalue weighted by atomic mass is 9.98. The number of aromatic nitrogens is 2. The Labute approximate surface area is 92.3 Å². The van der Waals surface area contributed by atoms with Gasteiger partial charge in [-0.1, -0.05) is 0 Å². The number of piperidine rings is 1. The highest BCUT2D eigenvalue weighted by atomic mass is 16.4. The summed E-state index contributed by atoms with van der Waals surface area (Å²) in [6.07, 6.45) is 4.35. The smallest absolute Gasteiger partial charge is 0.308 e. The van der Waals surface area contributed by atoms with Crippen LogP contribution in [0.1, 0.15) is 23.2 Å². The van der Waals surface area contributed by atoms with Crippen LogP contribution in [0, 0.1) is 5.92 Å². The highest BCUT2D eigenvalue weighted by molar-refractivity contribution is 5.94. The van der Waals surface area contributed by atoms with Crippen LogP contribution in [0.25, 0.3) is 0 Å². The molecule has 0 aromatic carbocycles. The Morgan fingerprint density at radius 1 is 1.56 bits per heavy atom. The summed E-state index contributed by atoms with van der Waals surface area (Å²) in [5, 5.41) is 15.2. The number of rotatable bonds is 2. The molecule has 2 rings (SSSR count). The lowest BCUT2D eigenvalue weighted by molar-refractivity contribution is -0.143. The van der Waals surface area contributed by atoms with E-state index in [0.29, 0.717) is 25.1 Å². The summed E-state index contributed by atoms with van der Waals surface area (Å²) >= 11 is 0. The highest BCUT2D eigenvalue weighted by Gasteiger charge is 2.28.